The van der Waals surface area contributed by atoms with E-state index < -0.39 is 0 Å². The quantitative estimate of drug-likeness (QED) is 0.729. The van der Waals surface area contributed by atoms with Crippen molar-refractivity contribution in [1.82, 2.24) is 15.6 Å². The number of amides is 2. The lowest BCUT2D eigenvalue weighted by Crippen LogP contribution is -2.44. The molecule has 3 N–H and O–H groups in total. The number of nitrogens with one attached hydrogen (secondary N) is 2. The van der Waals surface area contributed by atoms with Crippen molar-refractivity contribution in [2.45, 2.75) is 25.8 Å². The largest absolute Gasteiger partial charge is 0.444 e. The van der Waals surface area contributed by atoms with Crippen molar-refractivity contribution < 1.29 is 18.7 Å². The van der Waals surface area contributed by atoms with E-state index in [1.54, 1.807) is 12.1 Å². The zero-order valence-corrected chi connectivity index (χ0v) is 12.9. The highest BCUT2D eigenvalue weighted by Crippen LogP contribution is 2.18. The Morgan fingerprint density at radius 2 is 2.13 bits per heavy atom. The van der Waals surface area contributed by atoms with Crippen LogP contribution in [0.25, 0.3) is 11.5 Å². The van der Waals surface area contributed by atoms with E-state index in [2.05, 4.69) is 15.6 Å². The van der Waals surface area contributed by atoms with Crippen LogP contribution in [0.5, 0.6) is 0 Å². The summed E-state index contributed by atoms with van der Waals surface area (Å²) >= 11 is 0. The van der Waals surface area contributed by atoms with E-state index in [9.17, 15) is 9.18 Å². The molecule has 1 aromatic heterocycles. The van der Waals surface area contributed by atoms with Gasteiger partial charge in [0, 0.05) is 18.5 Å². The molecule has 0 aliphatic carbocycles. The third-order valence-electron chi connectivity index (χ3n) is 3.36. The van der Waals surface area contributed by atoms with E-state index in [1.807, 2.05) is 6.92 Å². The first-order chi connectivity index (χ1) is 11.1. The minimum Gasteiger partial charge on any atom is -0.444 e. The van der Waals surface area contributed by atoms with Crippen LogP contribution in [0.3, 0.4) is 0 Å². The molecule has 0 radical (unpaired) electrons. The zero-order valence-electron chi connectivity index (χ0n) is 12.9. The number of carbonyl (C=O) groups is 1. The number of halogens is 1. The van der Waals surface area contributed by atoms with Crippen LogP contribution in [0.2, 0.25) is 0 Å². The molecule has 1 aromatic carbocycles. The molecule has 124 valence electrons. The highest BCUT2D eigenvalue weighted by Gasteiger charge is 2.10. The number of aliphatic hydroxyl groups is 1. The van der Waals surface area contributed by atoms with Crippen LogP contribution in [0, 0.1) is 5.82 Å². The maximum absolute atomic E-state index is 12.9. The maximum Gasteiger partial charge on any atom is 0.315 e. The van der Waals surface area contributed by atoms with Crippen LogP contribution in [0.1, 0.15) is 19.0 Å². The second-order valence-electron chi connectivity index (χ2n) is 5.09. The first-order valence-corrected chi connectivity index (χ1v) is 7.48. The van der Waals surface area contributed by atoms with Gasteiger partial charge in [0.05, 0.1) is 18.3 Å². The van der Waals surface area contributed by atoms with Crippen LogP contribution in [0.15, 0.2) is 34.9 Å². The highest BCUT2D eigenvalue weighted by atomic mass is 19.1. The SMILES string of the molecule is CCC(CO)NC(=O)NCCc1coc(-c2ccc(F)cc2)n1. The van der Waals surface area contributed by atoms with E-state index in [0.717, 1.165) is 0 Å². The number of aromatic nitrogens is 1. The fourth-order valence-corrected chi connectivity index (χ4v) is 1.96. The molecule has 7 heteroatoms. The van der Waals surface area contributed by atoms with Crippen molar-refractivity contribution in [3.63, 3.8) is 0 Å². The lowest BCUT2D eigenvalue weighted by atomic mass is 10.2. The maximum atomic E-state index is 12.9. The van der Waals surface area contributed by atoms with Crippen molar-refractivity contribution in [2.75, 3.05) is 13.2 Å². The molecule has 0 spiro atoms. The van der Waals surface area contributed by atoms with Crippen molar-refractivity contribution >= 4 is 6.03 Å². The Hall–Kier alpha value is -2.41. The topological polar surface area (TPSA) is 87.4 Å². The van der Waals surface area contributed by atoms with Gasteiger partial charge in [0.15, 0.2) is 0 Å². The summed E-state index contributed by atoms with van der Waals surface area (Å²) in [5, 5.41) is 14.4. The van der Waals surface area contributed by atoms with E-state index in [1.165, 1.54) is 18.4 Å². The molecule has 1 heterocycles. The van der Waals surface area contributed by atoms with Gasteiger partial charge < -0.3 is 20.2 Å². The van der Waals surface area contributed by atoms with Gasteiger partial charge in [-0.15, -0.1) is 0 Å². The first-order valence-electron chi connectivity index (χ1n) is 7.48. The summed E-state index contributed by atoms with van der Waals surface area (Å²) in [6.45, 7) is 2.19. The number of hydrogen-bond acceptors (Lipinski definition) is 4. The number of urea groups is 1. The summed E-state index contributed by atoms with van der Waals surface area (Å²) in [4.78, 5) is 15.9. The van der Waals surface area contributed by atoms with Gasteiger partial charge in [0.25, 0.3) is 0 Å². The Balaban J connectivity index is 1.81. The van der Waals surface area contributed by atoms with E-state index in [0.29, 0.717) is 36.5 Å². The van der Waals surface area contributed by atoms with Gasteiger partial charge in [-0.3, -0.25) is 0 Å². The van der Waals surface area contributed by atoms with Gasteiger partial charge in [0.2, 0.25) is 5.89 Å². The van der Waals surface area contributed by atoms with Crippen molar-refractivity contribution in [2.24, 2.45) is 0 Å². The van der Waals surface area contributed by atoms with E-state index >= 15 is 0 Å². The van der Waals surface area contributed by atoms with Crippen molar-refractivity contribution in [3.8, 4) is 11.5 Å². The van der Waals surface area contributed by atoms with Gasteiger partial charge in [-0.2, -0.15) is 0 Å². The third-order valence-corrected chi connectivity index (χ3v) is 3.36. The standard InChI is InChI=1S/C16H20FN3O3/c1-2-13(9-21)20-16(22)18-8-7-14-10-23-15(19-14)11-3-5-12(17)6-4-11/h3-6,10,13,21H,2,7-9H2,1H3,(H2,18,20,22). The van der Waals surface area contributed by atoms with E-state index in [-0.39, 0.29) is 24.5 Å². The number of rotatable bonds is 7. The van der Waals surface area contributed by atoms with Crippen LogP contribution in [0.4, 0.5) is 9.18 Å². The fraction of sp³-hybridized carbons (Fsp3) is 0.375. The van der Waals surface area contributed by atoms with Gasteiger partial charge in [-0.25, -0.2) is 14.2 Å². The molecule has 23 heavy (non-hydrogen) atoms. The summed E-state index contributed by atoms with van der Waals surface area (Å²) in [6, 6.07) is 5.31. The minimum atomic E-state index is -0.326. The summed E-state index contributed by atoms with van der Waals surface area (Å²) in [5.74, 6) is 0.0970. The van der Waals surface area contributed by atoms with Crippen molar-refractivity contribution in [1.29, 1.82) is 0 Å². The first kappa shape index (κ1) is 17.0. The zero-order chi connectivity index (χ0) is 16.7. The number of oxazole rings is 1. The molecule has 0 saturated heterocycles. The molecule has 2 amide bonds. The van der Waals surface area contributed by atoms with Crippen LogP contribution < -0.4 is 10.6 Å². The predicted octanol–water partition coefficient (Wildman–Crippen LogP) is 2.09. The Morgan fingerprint density at radius 3 is 2.78 bits per heavy atom. The Morgan fingerprint density at radius 1 is 1.39 bits per heavy atom. The monoisotopic (exact) mass is 321 g/mol. The number of benzene rings is 1. The molecule has 2 rings (SSSR count). The summed E-state index contributed by atoms with van der Waals surface area (Å²) in [5.41, 5.74) is 1.39. The highest BCUT2D eigenvalue weighted by molar-refractivity contribution is 5.74. The lowest BCUT2D eigenvalue weighted by Gasteiger charge is -2.14. The molecule has 1 unspecified atom stereocenters. The van der Waals surface area contributed by atoms with Gasteiger partial charge >= 0.3 is 6.03 Å². The molecule has 0 saturated carbocycles. The second kappa shape index (κ2) is 8.28. The average molecular weight is 321 g/mol. The van der Waals surface area contributed by atoms with Crippen LogP contribution >= 0.6 is 0 Å². The normalized spacial score (nSPS) is 12.0. The number of hydrogen-bond donors (Lipinski definition) is 3. The minimum absolute atomic E-state index is 0.0891. The van der Waals surface area contributed by atoms with Crippen LogP contribution in [-0.4, -0.2) is 35.3 Å². The van der Waals surface area contributed by atoms with Gasteiger partial charge in [-0.1, -0.05) is 6.92 Å². The summed E-state index contributed by atoms with van der Waals surface area (Å²) in [7, 11) is 0. The van der Waals surface area contributed by atoms with Crippen molar-refractivity contribution in [3.05, 3.63) is 42.0 Å². The molecular weight excluding hydrogens is 301 g/mol. The number of nitrogens with zero attached hydrogens (tertiary/aromatic N) is 1. The molecular formula is C16H20FN3O3. The smallest absolute Gasteiger partial charge is 0.315 e. The van der Waals surface area contributed by atoms with Gasteiger partial charge in [-0.05, 0) is 30.7 Å². The average Bonchev–Trinajstić information content (AvgIpc) is 3.02. The fourth-order valence-electron chi connectivity index (χ4n) is 1.96. The summed E-state index contributed by atoms with van der Waals surface area (Å²) < 4.78 is 18.2. The molecule has 1 atom stereocenters. The number of carbonyl (C=O) groups excluding carboxylic acids is 1. The Kier molecular flexibility index (Phi) is 6.10. The lowest BCUT2D eigenvalue weighted by molar-refractivity contribution is 0.214. The Labute approximate surface area is 133 Å². The third kappa shape index (κ3) is 5.07. The Bertz CT molecular complexity index is 624. The summed E-state index contributed by atoms with van der Waals surface area (Å²) in [6.07, 6.45) is 2.68. The van der Waals surface area contributed by atoms with Gasteiger partial charge in [0.1, 0.15) is 12.1 Å². The van der Waals surface area contributed by atoms with Crippen LogP contribution in [-0.2, 0) is 6.42 Å². The second-order valence-corrected chi connectivity index (χ2v) is 5.09. The molecule has 0 aliphatic heterocycles. The molecule has 6 nitrogen and oxygen atoms in total. The molecule has 0 bridgehead atoms. The predicted molar refractivity (Wildman–Crippen MR) is 83.3 cm³/mol. The van der Waals surface area contributed by atoms with E-state index in [4.69, 9.17) is 9.52 Å². The molecule has 2 aromatic rings. The molecule has 0 fully saturated rings. The number of aliphatic hydroxyl groups excluding tert-OH is 1. The molecule has 0 aliphatic rings.